The predicted octanol–water partition coefficient (Wildman–Crippen LogP) is 1.14. The molecule has 0 bridgehead atoms. The van der Waals surface area contributed by atoms with Gasteiger partial charge in [-0.25, -0.2) is 0 Å². The molecule has 4 heteroatoms. The Bertz CT molecular complexity index is 348. The van der Waals surface area contributed by atoms with Gasteiger partial charge in [0, 0.05) is 38.5 Å². The molecule has 0 aliphatic heterocycles. The normalized spacial score (nSPS) is 9.64. The number of phenols is 1. The van der Waals surface area contributed by atoms with Crippen molar-refractivity contribution in [2.75, 3.05) is 26.5 Å². The number of carbonyl (C=O) groups excluding carboxylic acids is 1. The van der Waals surface area contributed by atoms with Gasteiger partial charge >= 0.3 is 0 Å². The Kier molecular flexibility index (Phi) is 2.96. The van der Waals surface area contributed by atoms with E-state index in [1.165, 1.54) is 11.0 Å². The molecule has 0 fully saturated rings. The van der Waals surface area contributed by atoms with E-state index in [0.717, 1.165) is 5.69 Å². The number of phenolic OH excluding ortho intramolecular Hbond substituents is 1. The summed E-state index contributed by atoms with van der Waals surface area (Å²) in [5, 5.41) is 12.2. The second kappa shape index (κ2) is 4.00. The highest BCUT2D eigenvalue weighted by molar-refractivity contribution is 5.95. The maximum Gasteiger partial charge on any atom is 0.253 e. The highest BCUT2D eigenvalue weighted by Crippen LogP contribution is 2.19. The van der Waals surface area contributed by atoms with E-state index in [9.17, 15) is 9.90 Å². The van der Waals surface area contributed by atoms with Crippen molar-refractivity contribution in [1.29, 1.82) is 0 Å². The fraction of sp³-hybridized carbons (Fsp3) is 0.300. The third-order valence-electron chi connectivity index (χ3n) is 1.86. The molecular weight excluding hydrogens is 180 g/mol. The zero-order valence-corrected chi connectivity index (χ0v) is 8.53. The number of carbonyl (C=O) groups is 1. The van der Waals surface area contributed by atoms with E-state index >= 15 is 0 Å². The zero-order chi connectivity index (χ0) is 10.7. The van der Waals surface area contributed by atoms with Crippen LogP contribution in [0.2, 0.25) is 0 Å². The topological polar surface area (TPSA) is 52.6 Å². The molecule has 0 aromatic heterocycles. The third kappa shape index (κ3) is 2.16. The SMILES string of the molecule is CNc1cc(O)cc(C(=O)N(C)C)c1. The number of anilines is 1. The van der Waals surface area contributed by atoms with E-state index in [1.54, 1.807) is 33.3 Å². The standard InChI is InChI=1S/C10H14N2O2/c1-11-8-4-7(5-9(13)6-8)10(14)12(2)3/h4-6,11,13H,1-3H3. The van der Waals surface area contributed by atoms with E-state index < -0.39 is 0 Å². The summed E-state index contributed by atoms with van der Waals surface area (Å²) in [6, 6.07) is 4.71. The number of amides is 1. The van der Waals surface area contributed by atoms with Crippen molar-refractivity contribution < 1.29 is 9.90 Å². The van der Waals surface area contributed by atoms with Gasteiger partial charge in [-0.2, -0.15) is 0 Å². The van der Waals surface area contributed by atoms with Crippen molar-refractivity contribution in [2.24, 2.45) is 0 Å². The molecule has 1 aromatic carbocycles. The minimum absolute atomic E-state index is 0.0852. The minimum Gasteiger partial charge on any atom is -0.508 e. The van der Waals surface area contributed by atoms with Crippen LogP contribution in [0.15, 0.2) is 18.2 Å². The predicted molar refractivity (Wildman–Crippen MR) is 55.7 cm³/mol. The van der Waals surface area contributed by atoms with Crippen molar-refractivity contribution in [3.8, 4) is 5.75 Å². The van der Waals surface area contributed by atoms with E-state index in [0.29, 0.717) is 5.56 Å². The van der Waals surface area contributed by atoms with Crippen molar-refractivity contribution in [1.82, 2.24) is 4.90 Å². The van der Waals surface area contributed by atoms with Crippen LogP contribution in [0.5, 0.6) is 5.75 Å². The minimum atomic E-state index is -0.127. The molecule has 0 unspecified atom stereocenters. The number of aromatic hydroxyl groups is 1. The van der Waals surface area contributed by atoms with Crippen LogP contribution in [0.1, 0.15) is 10.4 Å². The first-order chi connectivity index (χ1) is 6.54. The average Bonchev–Trinajstić information content (AvgIpc) is 2.15. The monoisotopic (exact) mass is 194 g/mol. The van der Waals surface area contributed by atoms with Crippen molar-refractivity contribution >= 4 is 11.6 Å². The zero-order valence-electron chi connectivity index (χ0n) is 8.53. The lowest BCUT2D eigenvalue weighted by Crippen LogP contribution is -2.21. The molecule has 0 atom stereocenters. The van der Waals surface area contributed by atoms with Crippen LogP contribution in [0.25, 0.3) is 0 Å². The van der Waals surface area contributed by atoms with Crippen LogP contribution >= 0.6 is 0 Å². The summed E-state index contributed by atoms with van der Waals surface area (Å²) in [6.07, 6.45) is 0. The van der Waals surface area contributed by atoms with Gasteiger partial charge in [0.2, 0.25) is 0 Å². The summed E-state index contributed by atoms with van der Waals surface area (Å²) in [4.78, 5) is 13.0. The Morgan fingerprint density at radius 2 is 2.00 bits per heavy atom. The summed E-state index contributed by atoms with van der Waals surface area (Å²) < 4.78 is 0. The first kappa shape index (κ1) is 10.4. The number of hydrogen-bond donors (Lipinski definition) is 2. The first-order valence-electron chi connectivity index (χ1n) is 4.28. The molecule has 4 nitrogen and oxygen atoms in total. The number of rotatable bonds is 2. The van der Waals surface area contributed by atoms with Crippen LogP contribution in [0.3, 0.4) is 0 Å². The maximum absolute atomic E-state index is 11.6. The second-order valence-electron chi connectivity index (χ2n) is 3.22. The molecular formula is C10H14N2O2. The van der Waals surface area contributed by atoms with Crippen molar-refractivity contribution in [2.45, 2.75) is 0 Å². The Morgan fingerprint density at radius 1 is 1.36 bits per heavy atom. The molecule has 0 aliphatic carbocycles. The number of hydrogen-bond acceptors (Lipinski definition) is 3. The Labute approximate surface area is 83.2 Å². The quantitative estimate of drug-likeness (QED) is 0.742. The number of benzene rings is 1. The van der Waals surface area contributed by atoms with Crippen LogP contribution in [-0.4, -0.2) is 37.1 Å². The lowest BCUT2D eigenvalue weighted by Gasteiger charge is -2.11. The van der Waals surface area contributed by atoms with Gasteiger partial charge in [-0.15, -0.1) is 0 Å². The average molecular weight is 194 g/mol. The largest absolute Gasteiger partial charge is 0.508 e. The van der Waals surface area contributed by atoms with Crippen molar-refractivity contribution in [3.63, 3.8) is 0 Å². The van der Waals surface area contributed by atoms with Gasteiger partial charge < -0.3 is 15.3 Å². The molecule has 1 rings (SSSR count). The highest BCUT2D eigenvalue weighted by Gasteiger charge is 2.09. The van der Waals surface area contributed by atoms with Crippen LogP contribution in [-0.2, 0) is 0 Å². The summed E-state index contributed by atoms with van der Waals surface area (Å²) in [7, 11) is 5.08. The highest BCUT2D eigenvalue weighted by atomic mass is 16.3. The van der Waals surface area contributed by atoms with E-state index in [-0.39, 0.29) is 11.7 Å². The molecule has 1 amide bonds. The second-order valence-corrected chi connectivity index (χ2v) is 3.22. The lowest BCUT2D eigenvalue weighted by molar-refractivity contribution is 0.0827. The fourth-order valence-electron chi connectivity index (χ4n) is 1.14. The molecule has 14 heavy (non-hydrogen) atoms. The van der Waals surface area contributed by atoms with Gasteiger partial charge in [0.15, 0.2) is 0 Å². The molecule has 0 saturated heterocycles. The van der Waals surface area contributed by atoms with E-state index in [4.69, 9.17) is 0 Å². The summed E-state index contributed by atoms with van der Waals surface area (Å²) >= 11 is 0. The van der Waals surface area contributed by atoms with E-state index in [1.807, 2.05) is 0 Å². The molecule has 2 N–H and O–H groups in total. The molecule has 0 saturated carbocycles. The van der Waals surface area contributed by atoms with Gasteiger partial charge in [0.1, 0.15) is 5.75 Å². The Morgan fingerprint density at radius 3 is 2.50 bits per heavy atom. The van der Waals surface area contributed by atoms with Crippen LogP contribution < -0.4 is 5.32 Å². The molecule has 0 aliphatic rings. The van der Waals surface area contributed by atoms with Crippen LogP contribution in [0.4, 0.5) is 5.69 Å². The first-order valence-corrected chi connectivity index (χ1v) is 4.28. The Balaban J connectivity index is 3.09. The molecule has 76 valence electrons. The number of nitrogens with zero attached hydrogens (tertiary/aromatic N) is 1. The fourth-order valence-corrected chi connectivity index (χ4v) is 1.14. The summed E-state index contributed by atoms with van der Waals surface area (Å²) in [5.74, 6) is -0.0422. The molecule has 0 heterocycles. The summed E-state index contributed by atoms with van der Waals surface area (Å²) in [5.41, 5.74) is 1.19. The van der Waals surface area contributed by atoms with Crippen molar-refractivity contribution in [3.05, 3.63) is 23.8 Å². The van der Waals surface area contributed by atoms with Gasteiger partial charge in [0.25, 0.3) is 5.91 Å². The van der Waals surface area contributed by atoms with Crippen LogP contribution in [0, 0.1) is 0 Å². The third-order valence-corrected chi connectivity index (χ3v) is 1.86. The van der Waals surface area contributed by atoms with Gasteiger partial charge in [-0.05, 0) is 12.1 Å². The molecule has 1 aromatic rings. The summed E-state index contributed by atoms with van der Waals surface area (Å²) in [6.45, 7) is 0. The lowest BCUT2D eigenvalue weighted by atomic mass is 10.1. The van der Waals surface area contributed by atoms with Gasteiger partial charge in [-0.1, -0.05) is 0 Å². The molecule has 0 spiro atoms. The van der Waals surface area contributed by atoms with Gasteiger partial charge in [-0.3, -0.25) is 4.79 Å². The molecule has 0 radical (unpaired) electrons. The van der Waals surface area contributed by atoms with Gasteiger partial charge in [0.05, 0.1) is 0 Å². The smallest absolute Gasteiger partial charge is 0.253 e. The Hall–Kier alpha value is -1.71. The van der Waals surface area contributed by atoms with E-state index in [2.05, 4.69) is 5.32 Å². The number of nitrogens with one attached hydrogen (secondary N) is 1. The maximum atomic E-state index is 11.6.